The highest BCUT2D eigenvalue weighted by Gasteiger charge is 2.17. The first kappa shape index (κ1) is 53.3. The third-order valence-corrected chi connectivity index (χ3v) is 11.8. The Kier molecular flexibility index (Phi) is 26.2. The minimum Gasteiger partial charge on any atom is -0.494 e. The summed E-state index contributed by atoms with van der Waals surface area (Å²) in [6.45, 7) is 5.71. The molecular weight excluding hydrogens is 854 g/mol. The van der Waals surface area contributed by atoms with Crippen molar-refractivity contribution in [3.8, 4) is 23.0 Å². The van der Waals surface area contributed by atoms with E-state index in [-0.39, 0.29) is 39.1 Å². The molecule has 0 N–H and O–H groups in total. The number of non-ortho nitro benzene ring substituents is 1. The normalized spacial score (nSPS) is 11.2. The first-order chi connectivity index (χ1) is 32.3. The van der Waals surface area contributed by atoms with Crippen molar-refractivity contribution < 1.29 is 33.5 Å². The molecule has 4 aromatic carbocycles. The number of carbonyl (C=O) groups is 2. The van der Waals surface area contributed by atoms with Gasteiger partial charge in [-0.3, -0.25) is 10.1 Å². The number of unbranched alkanes of at least 4 members (excludes halogenated alkanes) is 22. The third-order valence-electron chi connectivity index (χ3n) is 11.5. The zero-order chi connectivity index (χ0) is 47.0. The van der Waals surface area contributed by atoms with Crippen LogP contribution in [0, 0.1) is 10.1 Å². The molecule has 358 valence electrons. The summed E-state index contributed by atoms with van der Waals surface area (Å²) >= 11 is 6.25. The van der Waals surface area contributed by atoms with Gasteiger partial charge in [-0.2, -0.15) is 0 Å². The number of benzene rings is 4. The van der Waals surface area contributed by atoms with Crippen LogP contribution in [0.3, 0.4) is 0 Å². The van der Waals surface area contributed by atoms with Crippen LogP contribution in [-0.4, -0.2) is 30.1 Å². The Bertz CT molecular complexity index is 2040. The number of hydrogen-bond donors (Lipinski definition) is 0. The van der Waals surface area contributed by atoms with E-state index in [0.29, 0.717) is 30.3 Å². The van der Waals surface area contributed by atoms with E-state index >= 15 is 0 Å². The highest BCUT2D eigenvalue weighted by atomic mass is 35.5. The lowest BCUT2D eigenvalue weighted by Gasteiger charge is -2.11. The molecule has 0 fully saturated rings. The molecule has 0 atom stereocenters. The molecule has 0 heterocycles. The van der Waals surface area contributed by atoms with Gasteiger partial charge in [-0.15, -0.1) is 10.2 Å². The number of halogens is 1. The van der Waals surface area contributed by atoms with Crippen LogP contribution in [0.1, 0.15) is 189 Å². The number of hydrogen-bond acceptors (Lipinski definition) is 10. The molecule has 66 heavy (non-hydrogen) atoms. The first-order valence-corrected chi connectivity index (χ1v) is 25.0. The molecule has 4 rings (SSSR count). The van der Waals surface area contributed by atoms with E-state index in [9.17, 15) is 19.7 Å². The van der Waals surface area contributed by atoms with Crippen LogP contribution in [0.15, 0.2) is 95.2 Å². The Morgan fingerprint density at radius 2 is 0.864 bits per heavy atom. The van der Waals surface area contributed by atoms with Crippen LogP contribution < -0.4 is 18.9 Å². The summed E-state index contributed by atoms with van der Waals surface area (Å²) in [5.74, 6) is 0.0775. The second-order valence-electron chi connectivity index (χ2n) is 17.0. The number of rotatable bonds is 35. The second-order valence-corrected chi connectivity index (χ2v) is 17.4. The predicted octanol–water partition coefficient (Wildman–Crippen LogP) is 17.3. The summed E-state index contributed by atoms with van der Waals surface area (Å²) in [6.07, 6.45) is 30.6. The fourth-order valence-corrected chi connectivity index (χ4v) is 7.70. The topological polar surface area (TPSA) is 139 Å². The molecule has 0 amide bonds. The van der Waals surface area contributed by atoms with Crippen molar-refractivity contribution in [3.05, 3.63) is 111 Å². The number of carbonyl (C=O) groups excluding carboxylic acids is 2. The third kappa shape index (κ3) is 21.3. The molecule has 0 spiro atoms. The SMILES string of the molecule is CCCCCCCCCCCCCCOc1ccc(C(=O)Oc2ccc(N=Nc3ccc([N+](=O)[O-])cc3Cl)c(OC(=O)c3ccc(OCCCCCCCCCCCCCC)cc3)c2)cc1. The van der Waals surface area contributed by atoms with Gasteiger partial charge >= 0.3 is 11.9 Å². The first-order valence-electron chi connectivity index (χ1n) is 24.7. The van der Waals surface area contributed by atoms with E-state index < -0.39 is 16.9 Å². The van der Waals surface area contributed by atoms with Crippen molar-refractivity contribution >= 4 is 40.6 Å². The van der Waals surface area contributed by atoms with E-state index in [1.807, 2.05) is 0 Å². The molecule has 0 aliphatic carbocycles. The van der Waals surface area contributed by atoms with Crippen molar-refractivity contribution in [1.29, 1.82) is 0 Å². The van der Waals surface area contributed by atoms with Gasteiger partial charge in [0, 0.05) is 18.2 Å². The molecule has 0 aliphatic rings. The average molecular weight is 927 g/mol. The lowest BCUT2D eigenvalue weighted by molar-refractivity contribution is -0.384. The van der Waals surface area contributed by atoms with Gasteiger partial charge in [-0.25, -0.2) is 9.59 Å². The lowest BCUT2D eigenvalue weighted by Crippen LogP contribution is -2.10. The molecule has 0 saturated heterocycles. The molecule has 4 aromatic rings. The molecule has 11 nitrogen and oxygen atoms in total. The minimum absolute atomic E-state index is 0.0129. The van der Waals surface area contributed by atoms with Gasteiger partial charge in [0.15, 0.2) is 5.75 Å². The van der Waals surface area contributed by atoms with Crippen molar-refractivity contribution in [2.75, 3.05) is 13.2 Å². The quantitative estimate of drug-likeness (QED) is 0.0111. The maximum atomic E-state index is 13.4. The largest absolute Gasteiger partial charge is 0.494 e. The standard InChI is InChI=1S/C54H72ClN3O8/c1-3-5-7-9-11-13-15-17-19-21-23-25-39-63-46-32-27-43(28-33-46)53(59)65-48-36-38-51(57-56-50-37-31-45(58(61)62)41-49(50)55)52(42-48)66-54(60)44-29-34-47(35-30-44)64-40-26-24-22-20-18-16-14-12-10-8-6-4-2/h27-38,41-42H,3-26,39-40H2,1-2H3. The van der Waals surface area contributed by atoms with Crippen molar-refractivity contribution in [2.45, 2.75) is 168 Å². The summed E-state index contributed by atoms with van der Waals surface area (Å²) < 4.78 is 23.4. The van der Waals surface area contributed by atoms with Gasteiger partial charge in [-0.05, 0) is 79.6 Å². The van der Waals surface area contributed by atoms with Crippen LogP contribution >= 0.6 is 11.6 Å². The number of nitro groups is 1. The van der Waals surface area contributed by atoms with Crippen LogP contribution in [0.25, 0.3) is 0 Å². The number of ether oxygens (including phenoxy) is 4. The second kappa shape index (κ2) is 32.4. The Labute approximate surface area is 398 Å². The molecule has 0 aliphatic heterocycles. The van der Waals surface area contributed by atoms with Crippen LogP contribution in [0.4, 0.5) is 17.1 Å². The molecule has 0 radical (unpaired) electrons. The summed E-state index contributed by atoms with van der Waals surface area (Å²) in [6, 6.07) is 21.6. The van der Waals surface area contributed by atoms with Gasteiger partial charge < -0.3 is 18.9 Å². The van der Waals surface area contributed by atoms with E-state index in [1.54, 1.807) is 48.5 Å². The van der Waals surface area contributed by atoms with E-state index in [2.05, 4.69) is 24.1 Å². The molecule has 0 aromatic heterocycles. The van der Waals surface area contributed by atoms with E-state index in [4.69, 9.17) is 30.5 Å². The lowest BCUT2D eigenvalue weighted by atomic mass is 10.1. The number of esters is 2. The molecule has 0 saturated carbocycles. The number of nitro benzene ring substituents is 1. The zero-order valence-corrected chi connectivity index (χ0v) is 40.2. The maximum Gasteiger partial charge on any atom is 0.343 e. The predicted molar refractivity (Wildman–Crippen MR) is 265 cm³/mol. The molecule has 0 unspecified atom stereocenters. The van der Waals surface area contributed by atoms with Gasteiger partial charge in [0.1, 0.15) is 28.6 Å². The summed E-state index contributed by atoms with van der Waals surface area (Å²) in [5, 5.41) is 19.6. The molecule has 12 heteroatoms. The van der Waals surface area contributed by atoms with Crippen molar-refractivity contribution in [2.24, 2.45) is 10.2 Å². The van der Waals surface area contributed by atoms with Crippen LogP contribution in [0.5, 0.6) is 23.0 Å². The number of nitrogens with zero attached hydrogens (tertiary/aromatic N) is 3. The fraction of sp³-hybridized carbons (Fsp3) is 0.519. The summed E-state index contributed by atoms with van der Waals surface area (Å²) in [7, 11) is 0. The van der Waals surface area contributed by atoms with Gasteiger partial charge in [0.05, 0.1) is 34.3 Å². The smallest absolute Gasteiger partial charge is 0.343 e. The summed E-state index contributed by atoms with van der Waals surface area (Å²) in [5.41, 5.74) is 0.657. The average Bonchev–Trinajstić information content (AvgIpc) is 3.32. The van der Waals surface area contributed by atoms with Crippen molar-refractivity contribution in [3.63, 3.8) is 0 Å². The monoisotopic (exact) mass is 926 g/mol. The molecular formula is C54H72ClN3O8. The minimum atomic E-state index is -0.685. The Balaban J connectivity index is 1.27. The van der Waals surface area contributed by atoms with Crippen LogP contribution in [-0.2, 0) is 0 Å². The van der Waals surface area contributed by atoms with Gasteiger partial charge in [0.2, 0.25) is 0 Å². The van der Waals surface area contributed by atoms with E-state index in [1.165, 1.54) is 165 Å². The zero-order valence-electron chi connectivity index (χ0n) is 39.5. The van der Waals surface area contributed by atoms with Crippen molar-refractivity contribution in [1.82, 2.24) is 0 Å². The van der Waals surface area contributed by atoms with E-state index in [0.717, 1.165) is 25.7 Å². The maximum absolute atomic E-state index is 13.4. The molecule has 0 bridgehead atoms. The Morgan fingerprint density at radius 3 is 1.29 bits per heavy atom. The van der Waals surface area contributed by atoms with Gasteiger partial charge in [0.25, 0.3) is 5.69 Å². The highest BCUT2D eigenvalue weighted by Crippen LogP contribution is 2.36. The highest BCUT2D eigenvalue weighted by molar-refractivity contribution is 6.33. The Hall–Kier alpha value is -5.29. The number of azo groups is 1. The Morgan fingerprint density at radius 1 is 0.485 bits per heavy atom. The fourth-order valence-electron chi connectivity index (χ4n) is 7.49. The van der Waals surface area contributed by atoms with Gasteiger partial charge in [-0.1, -0.05) is 167 Å². The van der Waals surface area contributed by atoms with Crippen LogP contribution in [0.2, 0.25) is 5.02 Å². The summed E-state index contributed by atoms with van der Waals surface area (Å²) in [4.78, 5) is 37.3.